The molecule has 158 valence electrons. The number of carbonyl (C=O) groups is 2. The molecule has 3 aromatic rings. The summed E-state index contributed by atoms with van der Waals surface area (Å²) >= 11 is 5.98. The number of rotatable bonds is 3. The lowest BCUT2D eigenvalue weighted by Gasteiger charge is -2.27. The van der Waals surface area contributed by atoms with Crippen LogP contribution in [0.4, 0.5) is 0 Å². The number of amides is 1. The second-order valence-corrected chi connectivity index (χ2v) is 7.98. The van der Waals surface area contributed by atoms with Gasteiger partial charge in [-0.25, -0.2) is 0 Å². The van der Waals surface area contributed by atoms with Gasteiger partial charge in [-0.15, -0.1) is 12.4 Å². The van der Waals surface area contributed by atoms with E-state index in [1.807, 2.05) is 30.9 Å². The van der Waals surface area contributed by atoms with Crippen molar-refractivity contribution in [1.82, 2.24) is 14.8 Å². The minimum absolute atomic E-state index is 0. The fraction of sp³-hybridized carbons (Fsp3) is 0.304. The van der Waals surface area contributed by atoms with Gasteiger partial charge in [-0.2, -0.15) is 0 Å². The summed E-state index contributed by atoms with van der Waals surface area (Å²) in [6, 6.07) is 12.9. The lowest BCUT2D eigenvalue weighted by molar-refractivity contribution is -0.131. The number of halogens is 2. The number of nitrogens with one attached hydrogen (secondary N) is 1. The van der Waals surface area contributed by atoms with E-state index >= 15 is 0 Å². The molecule has 0 aliphatic carbocycles. The lowest BCUT2D eigenvalue weighted by atomic mass is 10.0. The number of carbonyl (C=O) groups excluding carboxylic acids is 2. The third kappa shape index (κ3) is 4.24. The highest BCUT2D eigenvalue weighted by molar-refractivity contribution is 6.30. The molecule has 0 bridgehead atoms. The zero-order valence-corrected chi connectivity index (χ0v) is 18.6. The number of piperazine rings is 1. The number of hydrogen-bond acceptors (Lipinski definition) is 3. The van der Waals surface area contributed by atoms with Gasteiger partial charge < -0.3 is 10.2 Å². The Morgan fingerprint density at radius 1 is 1.03 bits per heavy atom. The summed E-state index contributed by atoms with van der Waals surface area (Å²) in [6.45, 7) is 7.03. The SMILES string of the molecule is Cc1ccc2c(c1)c(CC(=O)N1CCNCC1)c(C)n2C(=O)c1ccc(Cl)cc1.Cl. The van der Waals surface area contributed by atoms with Crippen LogP contribution in [0.2, 0.25) is 5.02 Å². The summed E-state index contributed by atoms with van der Waals surface area (Å²) in [7, 11) is 0. The Labute approximate surface area is 187 Å². The molecule has 5 nitrogen and oxygen atoms in total. The maximum atomic E-state index is 13.3. The quantitative estimate of drug-likeness (QED) is 0.662. The number of aromatic nitrogens is 1. The molecule has 1 aliphatic rings. The summed E-state index contributed by atoms with van der Waals surface area (Å²) in [6.07, 6.45) is 0.298. The number of aryl methyl sites for hydroxylation is 1. The van der Waals surface area contributed by atoms with E-state index in [4.69, 9.17) is 11.6 Å². The Kier molecular flexibility index (Phi) is 6.86. The summed E-state index contributed by atoms with van der Waals surface area (Å²) in [5.74, 6) is -0.0111. The van der Waals surface area contributed by atoms with Gasteiger partial charge in [0.05, 0.1) is 11.9 Å². The molecule has 1 saturated heterocycles. The van der Waals surface area contributed by atoms with Crippen molar-refractivity contribution in [2.75, 3.05) is 26.2 Å². The van der Waals surface area contributed by atoms with Crippen LogP contribution in [0.1, 0.15) is 27.2 Å². The molecule has 0 radical (unpaired) electrons. The molecule has 0 unspecified atom stereocenters. The lowest BCUT2D eigenvalue weighted by Crippen LogP contribution is -2.47. The minimum Gasteiger partial charge on any atom is -0.340 e. The molecule has 0 spiro atoms. The van der Waals surface area contributed by atoms with Gasteiger partial charge >= 0.3 is 0 Å². The summed E-state index contributed by atoms with van der Waals surface area (Å²) in [5.41, 5.74) is 4.24. The number of hydrogen-bond donors (Lipinski definition) is 1. The second-order valence-electron chi connectivity index (χ2n) is 7.54. The molecule has 0 saturated carbocycles. The van der Waals surface area contributed by atoms with Gasteiger partial charge in [-0.05, 0) is 55.8 Å². The zero-order chi connectivity index (χ0) is 20.5. The fourth-order valence-corrected chi connectivity index (χ4v) is 4.11. The van der Waals surface area contributed by atoms with Crippen molar-refractivity contribution >= 4 is 46.7 Å². The standard InChI is InChI=1S/C23H24ClN3O2.ClH/c1-15-3-8-21-20(13-15)19(14-22(28)26-11-9-25-10-12-26)16(2)27(21)23(29)17-4-6-18(24)7-5-17;/h3-8,13,25H,9-12,14H2,1-2H3;1H. The van der Waals surface area contributed by atoms with Crippen LogP contribution < -0.4 is 5.32 Å². The highest BCUT2D eigenvalue weighted by Crippen LogP contribution is 2.29. The van der Waals surface area contributed by atoms with Crippen molar-refractivity contribution in [3.8, 4) is 0 Å². The third-order valence-electron chi connectivity index (χ3n) is 5.58. The van der Waals surface area contributed by atoms with E-state index in [1.54, 1.807) is 28.8 Å². The summed E-state index contributed by atoms with van der Waals surface area (Å²) in [5, 5.41) is 4.83. The molecule has 4 rings (SSSR count). The van der Waals surface area contributed by atoms with Crippen molar-refractivity contribution in [2.45, 2.75) is 20.3 Å². The molecular formula is C23H25Cl2N3O2. The Hall–Kier alpha value is -2.34. The smallest absolute Gasteiger partial charge is 0.262 e. The maximum Gasteiger partial charge on any atom is 0.262 e. The van der Waals surface area contributed by atoms with E-state index in [2.05, 4.69) is 11.4 Å². The monoisotopic (exact) mass is 445 g/mol. The Morgan fingerprint density at radius 3 is 2.37 bits per heavy atom. The predicted octanol–water partition coefficient (Wildman–Crippen LogP) is 4.00. The number of benzene rings is 2. The molecule has 0 atom stereocenters. The maximum absolute atomic E-state index is 13.3. The van der Waals surface area contributed by atoms with Crippen LogP contribution >= 0.6 is 24.0 Å². The van der Waals surface area contributed by atoms with Gasteiger partial charge in [0.1, 0.15) is 0 Å². The molecule has 2 aromatic carbocycles. The molecule has 7 heteroatoms. The molecule has 1 amide bonds. The van der Waals surface area contributed by atoms with Gasteiger partial charge in [0, 0.05) is 47.8 Å². The Balaban J connectivity index is 0.00000256. The summed E-state index contributed by atoms with van der Waals surface area (Å²) in [4.78, 5) is 28.1. The molecule has 2 heterocycles. The van der Waals surface area contributed by atoms with Crippen LogP contribution in [0, 0.1) is 13.8 Å². The highest BCUT2D eigenvalue weighted by atomic mass is 35.5. The molecule has 1 fully saturated rings. The van der Waals surface area contributed by atoms with Crippen LogP contribution in [0.15, 0.2) is 42.5 Å². The topological polar surface area (TPSA) is 54.3 Å². The molecule has 1 aliphatic heterocycles. The van der Waals surface area contributed by atoms with E-state index in [0.29, 0.717) is 17.0 Å². The van der Waals surface area contributed by atoms with Gasteiger partial charge in [-0.1, -0.05) is 23.2 Å². The zero-order valence-electron chi connectivity index (χ0n) is 17.1. The molecule has 30 heavy (non-hydrogen) atoms. The van der Waals surface area contributed by atoms with Gasteiger partial charge in [-0.3, -0.25) is 14.2 Å². The first-order chi connectivity index (χ1) is 14.0. The molecule has 1 N–H and O–H groups in total. The Bertz CT molecular complexity index is 1080. The predicted molar refractivity (Wildman–Crippen MR) is 123 cm³/mol. The normalized spacial score (nSPS) is 13.9. The van der Waals surface area contributed by atoms with E-state index in [9.17, 15) is 9.59 Å². The van der Waals surface area contributed by atoms with Gasteiger partial charge in [0.15, 0.2) is 0 Å². The molecule has 1 aromatic heterocycles. The van der Waals surface area contributed by atoms with Crippen LogP contribution in [0.3, 0.4) is 0 Å². The molecular weight excluding hydrogens is 421 g/mol. The highest BCUT2D eigenvalue weighted by Gasteiger charge is 2.24. The van der Waals surface area contributed by atoms with E-state index in [0.717, 1.165) is 53.9 Å². The largest absolute Gasteiger partial charge is 0.340 e. The van der Waals surface area contributed by atoms with Crippen molar-refractivity contribution in [3.63, 3.8) is 0 Å². The van der Waals surface area contributed by atoms with Crippen LogP contribution in [-0.2, 0) is 11.2 Å². The fourth-order valence-electron chi connectivity index (χ4n) is 3.98. The van der Waals surface area contributed by atoms with Gasteiger partial charge in [0.2, 0.25) is 5.91 Å². The van der Waals surface area contributed by atoms with E-state index in [-0.39, 0.29) is 24.2 Å². The van der Waals surface area contributed by atoms with Crippen molar-refractivity contribution in [2.24, 2.45) is 0 Å². The van der Waals surface area contributed by atoms with E-state index in [1.165, 1.54) is 0 Å². The van der Waals surface area contributed by atoms with Crippen molar-refractivity contribution in [1.29, 1.82) is 0 Å². The first-order valence-electron chi connectivity index (χ1n) is 9.85. The first kappa shape index (κ1) is 22.3. The van der Waals surface area contributed by atoms with Crippen LogP contribution in [0.5, 0.6) is 0 Å². The van der Waals surface area contributed by atoms with Crippen molar-refractivity contribution < 1.29 is 9.59 Å². The first-order valence-corrected chi connectivity index (χ1v) is 10.2. The van der Waals surface area contributed by atoms with Crippen LogP contribution in [0.25, 0.3) is 10.9 Å². The third-order valence-corrected chi connectivity index (χ3v) is 5.83. The number of nitrogens with zero attached hydrogens (tertiary/aromatic N) is 2. The van der Waals surface area contributed by atoms with Crippen molar-refractivity contribution in [3.05, 3.63) is 69.9 Å². The summed E-state index contributed by atoms with van der Waals surface area (Å²) < 4.78 is 1.72. The minimum atomic E-state index is -0.117. The second kappa shape index (κ2) is 9.21. The average Bonchev–Trinajstić information content (AvgIpc) is 2.99. The van der Waals surface area contributed by atoms with E-state index < -0.39 is 0 Å². The van der Waals surface area contributed by atoms with Gasteiger partial charge in [0.25, 0.3) is 5.91 Å². The Morgan fingerprint density at radius 2 is 1.70 bits per heavy atom. The average molecular weight is 446 g/mol. The number of fused-ring (bicyclic) bond motifs is 1. The van der Waals surface area contributed by atoms with Crippen LogP contribution in [-0.4, -0.2) is 47.5 Å².